The lowest BCUT2D eigenvalue weighted by atomic mass is 10.2. The number of nitrogens with zero attached hydrogens (tertiary/aromatic N) is 1. The molecule has 118 valence electrons. The average Bonchev–Trinajstić information content (AvgIpc) is 2.56. The molecule has 0 aliphatic carbocycles. The van der Waals surface area contributed by atoms with E-state index < -0.39 is 0 Å². The van der Waals surface area contributed by atoms with Crippen LogP contribution < -0.4 is 15.8 Å². The monoisotopic (exact) mass is 337 g/mol. The Kier molecular flexibility index (Phi) is 7.37. The molecule has 2 aromatic rings. The average molecular weight is 338 g/mol. The molecular weight excluding hydrogens is 317 g/mol. The minimum Gasteiger partial charge on any atom is -0.369 e. The molecule has 0 spiro atoms. The summed E-state index contributed by atoms with van der Waals surface area (Å²) in [7, 11) is 0. The molecule has 0 aliphatic heterocycles. The highest BCUT2D eigenvalue weighted by Crippen LogP contribution is 2.15. The second-order valence-corrected chi connectivity index (χ2v) is 5.63. The molecule has 0 aromatic heterocycles. The van der Waals surface area contributed by atoms with Gasteiger partial charge in [-0.1, -0.05) is 30.3 Å². The summed E-state index contributed by atoms with van der Waals surface area (Å²) in [5.74, 6) is 1.20. The fraction of sp³-hybridized carbons (Fsp3) is 0.294. The highest BCUT2D eigenvalue weighted by Gasteiger charge is 2.05. The Balaban J connectivity index is 1.85. The van der Waals surface area contributed by atoms with Crippen LogP contribution in [0, 0.1) is 0 Å². The molecule has 0 radical (unpaired) electrons. The molecule has 0 saturated carbocycles. The number of hydrogen-bond acceptors (Lipinski definition) is 3. The van der Waals surface area contributed by atoms with E-state index in [1.54, 1.807) is 0 Å². The van der Waals surface area contributed by atoms with Crippen molar-refractivity contribution in [2.45, 2.75) is 6.54 Å². The van der Waals surface area contributed by atoms with Gasteiger partial charge in [0, 0.05) is 42.8 Å². The maximum atomic E-state index is 5.84. The van der Waals surface area contributed by atoms with Crippen LogP contribution in [0.2, 0.25) is 0 Å². The van der Waals surface area contributed by atoms with Gasteiger partial charge < -0.3 is 10.3 Å². The van der Waals surface area contributed by atoms with E-state index in [4.69, 9.17) is 23.2 Å². The fourth-order valence-corrected chi connectivity index (χ4v) is 2.58. The molecule has 22 heavy (non-hydrogen) atoms. The summed E-state index contributed by atoms with van der Waals surface area (Å²) in [5.41, 5.74) is 9.80. The molecule has 2 N–H and O–H groups in total. The van der Waals surface area contributed by atoms with Crippen molar-refractivity contribution in [1.82, 2.24) is 5.43 Å². The molecule has 0 heterocycles. The van der Waals surface area contributed by atoms with Gasteiger partial charge in [0.15, 0.2) is 0 Å². The Bertz CT molecular complexity index is 525. The molecule has 0 aliphatic rings. The van der Waals surface area contributed by atoms with E-state index in [0.29, 0.717) is 11.8 Å². The van der Waals surface area contributed by atoms with Crippen LogP contribution >= 0.6 is 23.2 Å². The van der Waals surface area contributed by atoms with Gasteiger partial charge in [-0.2, -0.15) is 0 Å². The second kappa shape index (κ2) is 9.57. The van der Waals surface area contributed by atoms with Crippen molar-refractivity contribution in [1.29, 1.82) is 0 Å². The Morgan fingerprint density at radius 2 is 1.45 bits per heavy atom. The topological polar surface area (TPSA) is 27.3 Å². The first kappa shape index (κ1) is 16.9. The molecule has 0 fully saturated rings. The van der Waals surface area contributed by atoms with E-state index in [2.05, 4.69) is 40.0 Å². The molecule has 2 aromatic carbocycles. The molecule has 2 rings (SSSR count). The smallest absolute Gasteiger partial charge is 0.0487 e. The standard InChI is InChI=1S/C17H21Cl2N3/c18-10-12-22(13-11-19)17-8-6-15(7-9-17)14-20-21-16-4-2-1-3-5-16/h1-9,20-21H,10-14H2. The summed E-state index contributed by atoms with van der Waals surface area (Å²) < 4.78 is 0. The first-order valence-corrected chi connectivity index (χ1v) is 8.40. The molecule has 0 bridgehead atoms. The van der Waals surface area contributed by atoms with Gasteiger partial charge in [0.2, 0.25) is 0 Å². The lowest BCUT2D eigenvalue weighted by Gasteiger charge is -2.23. The second-order valence-electron chi connectivity index (χ2n) is 4.88. The summed E-state index contributed by atoms with van der Waals surface area (Å²) in [5, 5.41) is 0. The van der Waals surface area contributed by atoms with Gasteiger partial charge in [-0.25, -0.2) is 5.43 Å². The van der Waals surface area contributed by atoms with E-state index in [1.165, 1.54) is 5.56 Å². The van der Waals surface area contributed by atoms with Crippen molar-refractivity contribution < 1.29 is 0 Å². The van der Waals surface area contributed by atoms with Crippen LogP contribution in [-0.4, -0.2) is 24.8 Å². The Labute approximate surface area is 142 Å². The number of para-hydroxylation sites is 1. The van der Waals surface area contributed by atoms with Crippen LogP contribution in [0.15, 0.2) is 54.6 Å². The predicted molar refractivity (Wildman–Crippen MR) is 97.0 cm³/mol. The summed E-state index contributed by atoms with van der Waals surface area (Å²) in [6.45, 7) is 2.36. The van der Waals surface area contributed by atoms with Crippen molar-refractivity contribution in [3.63, 3.8) is 0 Å². The van der Waals surface area contributed by atoms with E-state index in [0.717, 1.165) is 31.0 Å². The number of hydrazine groups is 1. The predicted octanol–water partition coefficient (Wildman–Crippen LogP) is 4.09. The number of benzene rings is 2. The van der Waals surface area contributed by atoms with Gasteiger partial charge in [-0.05, 0) is 29.8 Å². The molecule has 0 amide bonds. The molecule has 5 heteroatoms. The Hall–Kier alpha value is -1.42. The normalized spacial score (nSPS) is 10.5. The van der Waals surface area contributed by atoms with Gasteiger partial charge in [0.05, 0.1) is 0 Å². The number of hydrogen-bond donors (Lipinski definition) is 2. The Morgan fingerprint density at radius 3 is 2.05 bits per heavy atom. The number of halogens is 2. The van der Waals surface area contributed by atoms with Crippen molar-refractivity contribution in [3.05, 3.63) is 60.2 Å². The first-order valence-electron chi connectivity index (χ1n) is 7.33. The van der Waals surface area contributed by atoms with Crippen LogP contribution in [0.4, 0.5) is 11.4 Å². The number of anilines is 2. The molecule has 3 nitrogen and oxygen atoms in total. The minimum absolute atomic E-state index is 0.598. The lowest BCUT2D eigenvalue weighted by molar-refractivity contribution is 0.800. The van der Waals surface area contributed by atoms with Gasteiger partial charge in [0.25, 0.3) is 0 Å². The highest BCUT2D eigenvalue weighted by atomic mass is 35.5. The zero-order valence-corrected chi connectivity index (χ0v) is 13.9. The fourth-order valence-electron chi connectivity index (χ4n) is 2.17. The van der Waals surface area contributed by atoms with E-state index in [1.807, 2.05) is 30.3 Å². The van der Waals surface area contributed by atoms with E-state index in [-0.39, 0.29) is 0 Å². The van der Waals surface area contributed by atoms with Crippen molar-refractivity contribution in [2.24, 2.45) is 0 Å². The summed E-state index contributed by atoms with van der Waals surface area (Å²) in [6.07, 6.45) is 0. The lowest BCUT2D eigenvalue weighted by Crippen LogP contribution is -2.27. The summed E-state index contributed by atoms with van der Waals surface area (Å²) in [6, 6.07) is 18.5. The van der Waals surface area contributed by atoms with Gasteiger partial charge in [-0.15, -0.1) is 23.2 Å². The summed E-state index contributed by atoms with van der Waals surface area (Å²) >= 11 is 11.7. The van der Waals surface area contributed by atoms with Crippen LogP contribution in [0.1, 0.15) is 5.56 Å². The molecule has 0 atom stereocenters. The maximum absolute atomic E-state index is 5.84. The molecule has 0 saturated heterocycles. The van der Waals surface area contributed by atoms with Crippen LogP contribution in [-0.2, 0) is 6.54 Å². The molecule has 0 unspecified atom stereocenters. The summed E-state index contributed by atoms with van der Waals surface area (Å²) in [4.78, 5) is 2.19. The van der Waals surface area contributed by atoms with Crippen molar-refractivity contribution in [3.8, 4) is 0 Å². The minimum atomic E-state index is 0.598. The third-order valence-corrected chi connectivity index (χ3v) is 3.65. The van der Waals surface area contributed by atoms with E-state index in [9.17, 15) is 0 Å². The number of nitrogens with one attached hydrogen (secondary N) is 2. The first-order chi connectivity index (χ1) is 10.8. The highest BCUT2D eigenvalue weighted by molar-refractivity contribution is 6.18. The largest absolute Gasteiger partial charge is 0.369 e. The van der Waals surface area contributed by atoms with Gasteiger partial charge in [0.1, 0.15) is 0 Å². The van der Waals surface area contributed by atoms with Crippen LogP contribution in [0.3, 0.4) is 0 Å². The van der Waals surface area contributed by atoms with Crippen molar-refractivity contribution >= 4 is 34.6 Å². The Morgan fingerprint density at radius 1 is 0.818 bits per heavy atom. The van der Waals surface area contributed by atoms with Crippen LogP contribution in [0.25, 0.3) is 0 Å². The quantitative estimate of drug-likeness (QED) is 0.533. The number of rotatable bonds is 9. The third-order valence-electron chi connectivity index (χ3n) is 3.31. The SMILES string of the molecule is ClCCN(CCCl)c1ccc(CNNc2ccccc2)cc1. The third kappa shape index (κ3) is 5.41. The van der Waals surface area contributed by atoms with Gasteiger partial charge in [-0.3, -0.25) is 0 Å². The number of alkyl halides is 2. The van der Waals surface area contributed by atoms with Crippen LogP contribution in [0.5, 0.6) is 0 Å². The maximum Gasteiger partial charge on any atom is 0.0487 e. The molecular formula is C17H21Cl2N3. The van der Waals surface area contributed by atoms with Gasteiger partial charge >= 0.3 is 0 Å². The van der Waals surface area contributed by atoms with Crippen molar-refractivity contribution in [2.75, 3.05) is 35.2 Å². The van der Waals surface area contributed by atoms with E-state index >= 15 is 0 Å². The zero-order chi connectivity index (χ0) is 15.6. The zero-order valence-electron chi connectivity index (χ0n) is 12.4.